The zero-order valence-corrected chi connectivity index (χ0v) is 25.0. The fourth-order valence-electron chi connectivity index (χ4n) is 4.46. The highest BCUT2D eigenvalue weighted by molar-refractivity contribution is 6.32. The molecule has 4 unspecified atom stereocenters. The molecular formula is C32H48Cl2N2. The minimum absolute atomic E-state index is 0.126. The van der Waals surface area contributed by atoms with E-state index in [1.165, 1.54) is 11.8 Å². The van der Waals surface area contributed by atoms with Crippen LogP contribution in [0.25, 0.3) is 5.57 Å². The molecule has 0 fully saturated rings. The smallest absolute Gasteiger partial charge is 0.0446 e. The summed E-state index contributed by atoms with van der Waals surface area (Å²) in [6, 6.07) is 15.8. The number of hydrogen-bond donors (Lipinski definition) is 2. The summed E-state index contributed by atoms with van der Waals surface area (Å²) in [5.41, 5.74) is 10.6. The van der Waals surface area contributed by atoms with E-state index in [0.717, 1.165) is 52.4 Å². The molecule has 0 spiro atoms. The molecular weight excluding hydrogens is 483 g/mol. The third kappa shape index (κ3) is 11.5. The van der Waals surface area contributed by atoms with Crippen molar-refractivity contribution in [2.45, 2.75) is 86.1 Å². The summed E-state index contributed by atoms with van der Waals surface area (Å²) < 4.78 is 0. The summed E-state index contributed by atoms with van der Waals surface area (Å²) in [6.07, 6.45) is 7.76. The van der Waals surface area contributed by atoms with Crippen LogP contribution in [0.4, 0.5) is 0 Å². The lowest BCUT2D eigenvalue weighted by Gasteiger charge is -2.31. The molecule has 2 aromatic carbocycles. The lowest BCUT2D eigenvalue weighted by atomic mass is 9.76. The molecule has 0 aliphatic rings. The van der Waals surface area contributed by atoms with Crippen molar-refractivity contribution in [3.63, 3.8) is 0 Å². The Morgan fingerprint density at radius 1 is 1.06 bits per heavy atom. The quantitative estimate of drug-likeness (QED) is 0.220. The van der Waals surface area contributed by atoms with Crippen molar-refractivity contribution in [3.8, 4) is 0 Å². The van der Waals surface area contributed by atoms with Crippen molar-refractivity contribution >= 4 is 35.0 Å². The van der Waals surface area contributed by atoms with Crippen LogP contribution in [0.3, 0.4) is 0 Å². The zero-order chi connectivity index (χ0) is 27.7. The Morgan fingerprint density at radius 2 is 1.67 bits per heavy atom. The number of allylic oxidation sites excluding steroid dienone is 3. The second kappa shape index (κ2) is 19.3. The molecule has 0 amide bonds. The van der Waals surface area contributed by atoms with Gasteiger partial charge in [0.25, 0.3) is 0 Å². The van der Waals surface area contributed by atoms with Gasteiger partial charge in [-0.3, -0.25) is 0 Å². The molecule has 0 heterocycles. The average molecular weight is 532 g/mol. The number of rotatable bonds is 11. The van der Waals surface area contributed by atoms with E-state index in [1.54, 1.807) is 0 Å². The van der Waals surface area contributed by atoms with E-state index in [9.17, 15) is 0 Å². The first kappa shape index (κ1) is 34.1. The van der Waals surface area contributed by atoms with Gasteiger partial charge in [-0.05, 0) is 92.7 Å². The maximum atomic E-state index is 7.68. The minimum Gasteiger partial charge on any atom is -0.328 e. The summed E-state index contributed by atoms with van der Waals surface area (Å²) in [7, 11) is 0. The van der Waals surface area contributed by atoms with Gasteiger partial charge in [-0.2, -0.15) is 0 Å². The van der Waals surface area contributed by atoms with E-state index in [2.05, 4.69) is 45.6 Å². The van der Waals surface area contributed by atoms with Gasteiger partial charge in [0.15, 0.2) is 0 Å². The molecule has 2 rings (SSSR count). The van der Waals surface area contributed by atoms with Gasteiger partial charge in [0.1, 0.15) is 0 Å². The Kier molecular flexibility index (Phi) is 18.3. The lowest BCUT2D eigenvalue weighted by molar-refractivity contribution is 0.286. The van der Waals surface area contributed by atoms with Gasteiger partial charge in [-0.1, -0.05) is 99.3 Å². The summed E-state index contributed by atoms with van der Waals surface area (Å²) in [4.78, 5) is 0. The van der Waals surface area contributed by atoms with E-state index < -0.39 is 0 Å². The number of halogens is 2. The molecule has 0 aromatic heterocycles. The maximum absolute atomic E-state index is 7.68. The molecule has 0 saturated heterocycles. The molecule has 2 aromatic rings. The molecule has 4 heteroatoms. The fraction of sp³-hybridized carbons (Fsp3) is 0.469. The first-order valence-corrected chi connectivity index (χ1v) is 14.0. The van der Waals surface area contributed by atoms with E-state index in [-0.39, 0.29) is 6.04 Å². The van der Waals surface area contributed by atoms with Crippen molar-refractivity contribution in [1.82, 2.24) is 0 Å². The Morgan fingerprint density at radius 3 is 2.03 bits per heavy atom. The normalized spacial score (nSPS) is 13.5. The first-order chi connectivity index (χ1) is 17.2. The van der Waals surface area contributed by atoms with Crippen molar-refractivity contribution in [2.75, 3.05) is 0 Å². The van der Waals surface area contributed by atoms with E-state index in [1.807, 2.05) is 64.1 Å². The Balaban J connectivity index is 0.00000114. The van der Waals surface area contributed by atoms with Crippen molar-refractivity contribution in [3.05, 3.63) is 87.9 Å². The summed E-state index contributed by atoms with van der Waals surface area (Å²) in [6.45, 7) is 18.6. The molecule has 0 aliphatic carbocycles. The molecule has 0 aliphatic heterocycles. The van der Waals surface area contributed by atoms with Crippen LogP contribution >= 0.6 is 23.2 Å². The SMILES string of the molecule is C=CC(CC)C(CC(CCC)c1ccc(C(C=N)=C(C)C)cc1Cl)C(C)N.CC.Clc1ccccc1. The van der Waals surface area contributed by atoms with E-state index in [0.29, 0.717) is 17.8 Å². The van der Waals surface area contributed by atoms with Gasteiger partial charge < -0.3 is 11.1 Å². The number of hydrogen-bond acceptors (Lipinski definition) is 2. The largest absolute Gasteiger partial charge is 0.328 e. The van der Waals surface area contributed by atoms with Gasteiger partial charge in [-0.15, -0.1) is 6.58 Å². The fourth-order valence-corrected chi connectivity index (χ4v) is 4.94. The van der Waals surface area contributed by atoms with E-state index >= 15 is 0 Å². The zero-order valence-electron chi connectivity index (χ0n) is 23.5. The monoisotopic (exact) mass is 530 g/mol. The Labute approximate surface area is 231 Å². The van der Waals surface area contributed by atoms with E-state index in [4.69, 9.17) is 34.3 Å². The van der Waals surface area contributed by atoms with Crippen LogP contribution in [-0.4, -0.2) is 12.3 Å². The standard InChI is InChI=1S/C24H37ClN2.C6H5Cl.C2H6/c1-7-10-19(13-22(17(6)27)18(8-2)9-3)21-12-11-20(14-24(21)25)23(15-26)16(4)5;7-6-4-2-1-3-5-6;1-2/h8,11-12,14-15,17-19,22,26H,2,7,9-10,13,27H2,1,3-6H3;1-5H;1-2H3. The summed E-state index contributed by atoms with van der Waals surface area (Å²) in [5, 5.41) is 9.27. The Bertz CT molecular complexity index is 915. The van der Waals surface area contributed by atoms with Gasteiger partial charge in [-0.25, -0.2) is 0 Å². The predicted octanol–water partition coefficient (Wildman–Crippen LogP) is 10.6. The molecule has 36 heavy (non-hydrogen) atoms. The number of nitrogens with two attached hydrogens (primary N) is 1. The van der Waals surface area contributed by atoms with Gasteiger partial charge in [0.2, 0.25) is 0 Å². The lowest BCUT2D eigenvalue weighted by Crippen LogP contribution is -2.33. The highest BCUT2D eigenvalue weighted by Gasteiger charge is 2.26. The second-order valence-electron chi connectivity index (χ2n) is 9.14. The Hall–Kier alpha value is -1.87. The van der Waals surface area contributed by atoms with Crippen LogP contribution in [0.2, 0.25) is 10.0 Å². The van der Waals surface area contributed by atoms with Gasteiger partial charge >= 0.3 is 0 Å². The molecule has 0 bridgehead atoms. The van der Waals surface area contributed by atoms with Crippen LogP contribution < -0.4 is 5.73 Å². The minimum atomic E-state index is 0.126. The summed E-state index contributed by atoms with van der Waals surface area (Å²) in [5.74, 6) is 1.21. The maximum Gasteiger partial charge on any atom is 0.0446 e. The second-order valence-corrected chi connectivity index (χ2v) is 9.99. The van der Waals surface area contributed by atoms with Crippen LogP contribution in [0.15, 0.2) is 66.8 Å². The van der Waals surface area contributed by atoms with Crippen LogP contribution in [-0.2, 0) is 0 Å². The van der Waals surface area contributed by atoms with Crippen LogP contribution in [0.5, 0.6) is 0 Å². The van der Waals surface area contributed by atoms with Crippen molar-refractivity contribution in [1.29, 1.82) is 5.41 Å². The molecule has 0 radical (unpaired) electrons. The molecule has 3 N–H and O–H groups in total. The number of benzene rings is 2. The molecule has 200 valence electrons. The van der Waals surface area contributed by atoms with Crippen LogP contribution in [0, 0.1) is 17.2 Å². The van der Waals surface area contributed by atoms with Crippen LogP contribution in [0.1, 0.15) is 91.2 Å². The third-order valence-electron chi connectivity index (χ3n) is 6.36. The van der Waals surface area contributed by atoms with Crippen molar-refractivity contribution in [2.24, 2.45) is 17.6 Å². The first-order valence-electron chi connectivity index (χ1n) is 13.3. The highest BCUT2D eigenvalue weighted by Crippen LogP contribution is 2.38. The molecule has 0 saturated carbocycles. The van der Waals surface area contributed by atoms with Gasteiger partial charge in [0, 0.05) is 22.3 Å². The molecule has 2 nitrogen and oxygen atoms in total. The average Bonchev–Trinajstić information content (AvgIpc) is 2.86. The third-order valence-corrected chi connectivity index (χ3v) is 6.94. The molecule has 4 atom stereocenters. The highest BCUT2D eigenvalue weighted by atomic mass is 35.5. The number of nitrogens with one attached hydrogen (secondary N) is 1. The topological polar surface area (TPSA) is 49.9 Å². The van der Waals surface area contributed by atoms with Crippen molar-refractivity contribution < 1.29 is 0 Å². The predicted molar refractivity (Wildman–Crippen MR) is 165 cm³/mol. The summed E-state index contributed by atoms with van der Waals surface area (Å²) >= 11 is 12.3. The van der Waals surface area contributed by atoms with Gasteiger partial charge in [0.05, 0.1) is 0 Å².